The Balaban J connectivity index is 2.36. The zero-order valence-electron chi connectivity index (χ0n) is 7.61. The van der Waals surface area contributed by atoms with Gasteiger partial charge >= 0.3 is 0 Å². The summed E-state index contributed by atoms with van der Waals surface area (Å²) < 4.78 is 22.2. The zero-order chi connectivity index (χ0) is 10.2. The molecule has 1 saturated carbocycles. The quantitative estimate of drug-likeness (QED) is 0.733. The molecule has 1 aromatic carbocycles. The van der Waals surface area contributed by atoms with Crippen LogP contribution in [-0.2, 0) is 9.05 Å². The maximum atomic E-state index is 11.1. The predicted octanol–water partition coefficient (Wildman–Crippen LogP) is 2.88. The van der Waals surface area contributed by atoms with Gasteiger partial charge in [-0.05, 0) is 36.5 Å². The lowest BCUT2D eigenvalue weighted by molar-refractivity contribution is 0.419. The highest BCUT2D eigenvalue weighted by atomic mass is 35.7. The fourth-order valence-electron chi connectivity index (χ4n) is 1.66. The summed E-state index contributed by atoms with van der Waals surface area (Å²) in [4.78, 5) is 0.212. The predicted molar refractivity (Wildman–Crippen MR) is 56.1 cm³/mol. The molecule has 0 spiro atoms. The summed E-state index contributed by atoms with van der Waals surface area (Å²) in [6.45, 7) is 0. The smallest absolute Gasteiger partial charge is 0.207 e. The fraction of sp³-hybridized carbons (Fsp3) is 0.400. The molecule has 0 N–H and O–H groups in total. The van der Waals surface area contributed by atoms with Crippen LogP contribution in [0.25, 0.3) is 0 Å². The lowest BCUT2D eigenvalue weighted by atomic mass is 9.80. The van der Waals surface area contributed by atoms with Gasteiger partial charge in [0.25, 0.3) is 9.05 Å². The van der Waals surface area contributed by atoms with E-state index in [0.29, 0.717) is 5.92 Å². The third kappa shape index (κ3) is 1.93. The van der Waals surface area contributed by atoms with Gasteiger partial charge < -0.3 is 0 Å². The molecule has 2 rings (SSSR count). The largest absolute Gasteiger partial charge is 0.261 e. The average Bonchev–Trinajstić information content (AvgIpc) is 2.00. The zero-order valence-corrected chi connectivity index (χ0v) is 9.18. The first kappa shape index (κ1) is 9.99. The molecule has 0 aliphatic heterocycles. The van der Waals surface area contributed by atoms with Gasteiger partial charge in [-0.25, -0.2) is 8.42 Å². The van der Waals surface area contributed by atoms with E-state index in [4.69, 9.17) is 10.7 Å². The van der Waals surface area contributed by atoms with Crippen LogP contribution < -0.4 is 0 Å². The van der Waals surface area contributed by atoms with Crippen LogP contribution in [0, 0.1) is 0 Å². The van der Waals surface area contributed by atoms with Crippen molar-refractivity contribution in [2.24, 2.45) is 0 Å². The van der Waals surface area contributed by atoms with Crippen LogP contribution in [0.15, 0.2) is 29.2 Å². The SMILES string of the molecule is O=S(=O)(Cl)c1cccc(C2CCC2)c1. The summed E-state index contributed by atoms with van der Waals surface area (Å²) in [5.74, 6) is 0.536. The minimum Gasteiger partial charge on any atom is -0.207 e. The highest BCUT2D eigenvalue weighted by Crippen LogP contribution is 2.37. The van der Waals surface area contributed by atoms with Gasteiger partial charge in [-0.3, -0.25) is 0 Å². The van der Waals surface area contributed by atoms with E-state index in [2.05, 4.69) is 0 Å². The molecule has 1 fully saturated rings. The Bertz CT molecular complexity index is 435. The van der Waals surface area contributed by atoms with Gasteiger partial charge in [0.15, 0.2) is 0 Å². The van der Waals surface area contributed by atoms with Gasteiger partial charge in [0.05, 0.1) is 4.90 Å². The first-order chi connectivity index (χ1) is 6.57. The normalized spacial score (nSPS) is 17.8. The molecule has 1 aromatic rings. The van der Waals surface area contributed by atoms with E-state index < -0.39 is 9.05 Å². The Kier molecular flexibility index (Phi) is 2.54. The maximum Gasteiger partial charge on any atom is 0.261 e. The highest BCUT2D eigenvalue weighted by molar-refractivity contribution is 8.13. The second-order valence-electron chi connectivity index (χ2n) is 3.64. The van der Waals surface area contributed by atoms with Gasteiger partial charge in [0.1, 0.15) is 0 Å². The molecule has 0 atom stereocenters. The third-order valence-corrected chi connectivity index (χ3v) is 4.07. The van der Waals surface area contributed by atoms with Crippen molar-refractivity contribution in [1.29, 1.82) is 0 Å². The molecule has 0 amide bonds. The van der Waals surface area contributed by atoms with Crippen LogP contribution in [-0.4, -0.2) is 8.42 Å². The summed E-state index contributed by atoms with van der Waals surface area (Å²) >= 11 is 0. The molecule has 0 saturated heterocycles. The number of hydrogen-bond donors (Lipinski definition) is 0. The van der Waals surface area contributed by atoms with E-state index in [-0.39, 0.29) is 4.90 Å². The van der Waals surface area contributed by atoms with Crippen LogP contribution in [0.2, 0.25) is 0 Å². The van der Waals surface area contributed by atoms with Crippen molar-refractivity contribution in [1.82, 2.24) is 0 Å². The minimum absolute atomic E-state index is 0.212. The summed E-state index contributed by atoms with van der Waals surface area (Å²) in [6.07, 6.45) is 3.56. The van der Waals surface area contributed by atoms with Crippen molar-refractivity contribution >= 4 is 19.7 Å². The molecule has 2 nitrogen and oxygen atoms in total. The Morgan fingerprint density at radius 1 is 1.29 bits per heavy atom. The monoisotopic (exact) mass is 230 g/mol. The molecule has 0 bridgehead atoms. The second kappa shape index (κ2) is 3.55. The maximum absolute atomic E-state index is 11.1. The average molecular weight is 231 g/mol. The van der Waals surface area contributed by atoms with Gasteiger partial charge in [0, 0.05) is 10.7 Å². The molecule has 4 heteroatoms. The minimum atomic E-state index is -3.57. The molecule has 1 aliphatic carbocycles. The first-order valence-electron chi connectivity index (χ1n) is 4.62. The standard InChI is InChI=1S/C10H11ClO2S/c11-14(12,13)10-6-2-5-9(7-10)8-3-1-4-8/h2,5-8H,1,3-4H2. The van der Waals surface area contributed by atoms with Crippen molar-refractivity contribution < 1.29 is 8.42 Å². The number of benzene rings is 1. The van der Waals surface area contributed by atoms with E-state index in [1.54, 1.807) is 12.1 Å². The molecule has 0 unspecified atom stereocenters. The second-order valence-corrected chi connectivity index (χ2v) is 6.20. The van der Waals surface area contributed by atoms with Crippen molar-refractivity contribution in [2.45, 2.75) is 30.1 Å². The molecule has 76 valence electrons. The van der Waals surface area contributed by atoms with Gasteiger partial charge in [-0.15, -0.1) is 0 Å². The number of rotatable bonds is 2. The Morgan fingerprint density at radius 3 is 2.50 bits per heavy atom. The van der Waals surface area contributed by atoms with Crippen molar-refractivity contribution in [3.63, 3.8) is 0 Å². The van der Waals surface area contributed by atoms with E-state index in [9.17, 15) is 8.42 Å². The molecular weight excluding hydrogens is 220 g/mol. The van der Waals surface area contributed by atoms with Crippen LogP contribution in [0.1, 0.15) is 30.7 Å². The fourth-order valence-corrected chi connectivity index (χ4v) is 2.47. The number of hydrogen-bond acceptors (Lipinski definition) is 2. The van der Waals surface area contributed by atoms with Crippen LogP contribution in [0.4, 0.5) is 0 Å². The van der Waals surface area contributed by atoms with Crippen molar-refractivity contribution in [2.75, 3.05) is 0 Å². The Labute approximate surface area is 88.3 Å². The van der Waals surface area contributed by atoms with Crippen LogP contribution >= 0.6 is 10.7 Å². The summed E-state index contributed by atoms with van der Waals surface area (Å²) in [7, 11) is 1.70. The van der Waals surface area contributed by atoms with Crippen LogP contribution in [0.3, 0.4) is 0 Å². The molecule has 1 aliphatic rings. The van der Waals surface area contributed by atoms with E-state index >= 15 is 0 Å². The lowest BCUT2D eigenvalue weighted by Gasteiger charge is -2.25. The van der Waals surface area contributed by atoms with Gasteiger partial charge in [-0.1, -0.05) is 18.6 Å². The first-order valence-corrected chi connectivity index (χ1v) is 6.93. The lowest BCUT2D eigenvalue weighted by Crippen LogP contribution is -2.09. The summed E-state index contributed by atoms with van der Waals surface area (Å²) in [5.41, 5.74) is 1.10. The number of halogens is 1. The molecule has 14 heavy (non-hydrogen) atoms. The van der Waals surface area contributed by atoms with Crippen molar-refractivity contribution in [3.8, 4) is 0 Å². The Hall–Kier alpha value is -0.540. The molecular formula is C10H11ClO2S. The van der Waals surface area contributed by atoms with Crippen LogP contribution in [0.5, 0.6) is 0 Å². The van der Waals surface area contributed by atoms with Gasteiger partial charge in [-0.2, -0.15) is 0 Å². The Morgan fingerprint density at radius 2 is 2.00 bits per heavy atom. The van der Waals surface area contributed by atoms with E-state index in [1.165, 1.54) is 12.5 Å². The summed E-state index contributed by atoms with van der Waals surface area (Å²) in [5, 5.41) is 0. The third-order valence-electron chi connectivity index (χ3n) is 2.72. The molecule has 0 heterocycles. The topological polar surface area (TPSA) is 34.1 Å². The van der Waals surface area contributed by atoms with Crippen molar-refractivity contribution in [3.05, 3.63) is 29.8 Å². The van der Waals surface area contributed by atoms with Gasteiger partial charge in [0.2, 0.25) is 0 Å². The van der Waals surface area contributed by atoms with E-state index in [1.807, 2.05) is 6.07 Å². The molecule has 0 aromatic heterocycles. The highest BCUT2D eigenvalue weighted by Gasteiger charge is 2.20. The molecule has 0 radical (unpaired) electrons. The van der Waals surface area contributed by atoms with E-state index in [0.717, 1.165) is 18.4 Å². The summed E-state index contributed by atoms with van der Waals surface area (Å²) in [6, 6.07) is 6.94.